The van der Waals surface area contributed by atoms with Gasteiger partial charge in [0.25, 0.3) is 0 Å². The van der Waals surface area contributed by atoms with Crippen molar-refractivity contribution in [1.82, 2.24) is 15.5 Å². The lowest BCUT2D eigenvalue weighted by atomic mass is 9.99. The van der Waals surface area contributed by atoms with Gasteiger partial charge >= 0.3 is 6.09 Å². The zero-order valence-electron chi connectivity index (χ0n) is 22.2. The average molecular weight is 494 g/mol. The van der Waals surface area contributed by atoms with E-state index in [0.717, 1.165) is 17.5 Å². The van der Waals surface area contributed by atoms with Crippen LogP contribution in [0.4, 0.5) is 4.79 Å². The molecule has 3 rings (SSSR count). The second-order valence-electron chi connectivity index (χ2n) is 10.9. The summed E-state index contributed by atoms with van der Waals surface area (Å²) in [6, 6.07) is 17.0. The molecule has 0 heterocycles. The van der Waals surface area contributed by atoms with Gasteiger partial charge in [0.2, 0.25) is 11.8 Å². The van der Waals surface area contributed by atoms with Crippen molar-refractivity contribution >= 4 is 17.9 Å². The number of amides is 3. The van der Waals surface area contributed by atoms with E-state index in [4.69, 9.17) is 4.74 Å². The molecule has 0 saturated heterocycles. The molecule has 0 radical (unpaired) electrons. The maximum absolute atomic E-state index is 14.3. The van der Waals surface area contributed by atoms with Crippen molar-refractivity contribution < 1.29 is 19.1 Å². The van der Waals surface area contributed by atoms with Gasteiger partial charge in [0.05, 0.1) is 0 Å². The van der Waals surface area contributed by atoms with Crippen molar-refractivity contribution in [2.45, 2.75) is 84.2 Å². The Kier molecular flexibility index (Phi) is 8.77. The highest BCUT2D eigenvalue weighted by Crippen LogP contribution is 2.40. The lowest BCUT2D eigenvalue weighted by Gasteiger charge is -2.35. The van der Waals surface area contributed by atoms with Crippen molar-refractivity contribution in [1.29, 1.82) is 0 Å². The molecule has 0 aromatic heterocycles. The molecule has 1 fully saturated rings. The first-order valence-electron chi connectivity index (χ1n) is 12.7. The van der Waals surface area contributed by atoms with Gasteiger partial charge in [0.1, 0.15) is 17.7 Å². The third-order valence-electron chi connectivity index (χ3n) is 6.02. The van der Waals surface area contributed by atoms with Crippen LogP contribution < -0.4 is 10.6 Å². The predicted molar refractivity (Wildman–Crippen MR) is 140 cm³/mol. The Balaban J connectivity index is 2.00. The van der Waals surface area contributed by atoms with E-state index in [-0.39, 0.29) is 36.2 Å². The van der Waals surface area contributed by atoms with Gasteiger partial charge in [0.15, 0.2) is 0 Å². The molecule has 7 nitrogen and oxygen atoms in total. The van der Waals surface area contributed by atoms with E-state index in [0.29, 0.717) is 0 Å². The SMILES string of the molecule is CC(C)NC(=O)C(c1ccccc1)N(C(=O)C(Cc1ccccc1)NC(=O)OC(C)(C)C)C1CC1C. The van der Waals surface area contributed by atoms with E-state index in [1.54, 1.807) is 25.7 Å². The van der Waals surface area contributed by atoms with Gasteiger partial charge in [-0.25, -0.2) is 4.79 Å². The smallest absolute Gasteiger partial charge is 0.408 e. The average Bonchev–Trinajstić information content (AvgIpc) is 3.51. The molecule has 36 heavy (non-hydrogen) atoms. The van der Waals surface area contributed by atoms with Crippen LogP contribution >= 0.6 is 0 Å². The molecule has 0 bridgehead atoms. The number of ether oxygens (including phenoxy) is 1. The number of nitrogens with zero attached hydrogens (tertiary/aromatic N) is 1. The second kappa shape index (κ2) is 11.6. The van der Waals surface area contributed by atoms with E-state index in [9.17, 15) is 14.4 Å². The molecule has 0 aliphatic heterocycles. The third-order valence-corrected chi connectivity index (χ3v) is 6.02. The van der Waals surface area contributed by atoms with Crippen molar-refractivity contribution in [2.75, 3.05) is 0 Å². The number of alkyl carbamates (subject to hydrolysis) is 1. The summed E-state index contributed by atoms with van der Waals surface area (Å²) in [6.45, 7) is 11.2. The first-order valence-corrected chi connectivity index (χ1v) is 12.7. The molecule has 4 unspecified atom stereocenters. The minimum atomic E-state index is -0.895. The summed E-state index contributed by atoms with van der Waals surface area (Å²) in [5, 5.41) is 5.79. The van der Waals surface area contributed by atoms with E-state index in [1.807, 2.05) is 74.5 Å². The Labute approximate surface area is 214 Å². The predicted octanol–water partition coefficient (Wildman–Crippen LogP) is 4.63. The Hall–Kier alpha value is -3.35. The van der Waals surface area contributed by atoms with Gasteiger partial charge in [-0.15, -0.1) is 0 Å². The fourth-order valence-electron chi connectivity index (χ4n) is 4.29. The summed E-state index contributed by atoms with van der Waals surface area (Å²) in [4.78, 5) is 42.2. The number of hydrogen-bond acceptors (Lipinski definition) is 4. The van der Waals surface area contributed by atoms with Gasteiger partial charge in [-0.05, 0) is 58.1 Å². The quantitative estimate of drug-likeness (QED) is 0.533. The van der Waals surface area contributed by atoms with Gasteiger partial charge < -0.3 is 20.3 Å². The largest absolute Gasteiger partial charge is 0.444 e. The van der Waals surface area contributed by atoms with Crippen LogP contribution in [0.25, 0.3) is 0 Å². The molecule has 2 aromatic rings. The Bertz CT molecular complexity index is 1030. The number of carbonyl (C=O) groups is 3. The van der Waals surface area contributed by atoms with E-state index in [1.165, 1.54) is 0 Å². The van der Waals surface area contributed by atoms with Crippen molar-refractivity contribution in [3.8, 4) is 0 Å². The summed E-state index contributed by atoms with van der Waals surface area (Å²) in [6.07, 6.45) is 0.418. The van der Waals surface area contributed by atoms with E-state index in [2.05, 4.69) is 17.6 Å². The summed E-state index contributed by atoms with van der Waals surface area (Å²) >= 11 is 0. The number of rotatable bonds is 9. The summed E-state index contributed by atoms with van der Waals surface area (Å²) in [5.74, 6) is -0.280. The van der Waals surface area contributed by atoms with Gasteiger partial charge in [-0.3, -0.25) is 9.59 Å². The molecule has 1 aliphatic rings. The summed E-state index contributed by atoms with van der Waals surface area (Å²) in [7, 11) is 0. The molecule has 194 valence electrons. The molecule has 0 spiro atoms. The number of carbonyl (C=O) groups excluding carboxylic acids is 3. The first kappa shape index (κ1) is 27.2. The van der Waals surface area contributed by atoms with E-state index < -0.39 is 23.8 Å². The molecule has 7 heteroatoms. The van der Waals surface area contributed by atoms with E-state index >= 15 is 0 Å². The zero-order chi connectivity index (χ0) is 26.5. The maximum Gasteiger partial charge on any atom is 0.408 e. The van der Waals surface area contributed by atoms with Crippen molar-refractivity contribution in [3.63, 3.8) is 0 Å². The van der Waals surface area contributed by atoms with Crippen molar-refractivity contribution in [2.24, 2.45) is 5.92 Å². The van der Waals surface area contributed by atoms with Crippen LogP contribution in [-0.2, 0) is 20.7 Å². The highest BCUT2D eigenvalue weighted by Gasteiger charge is 2.48. The third kappa shape index (κ3) is 7.57. The number of nitrogens with one attached hydrogen (secondary N) is 2. The molecule has 4 atom stereocenters. The number of benzene rings is 2. The fraction of sp³-hybridized carbons (Fsp3) is 0.483. The molecule has 3 amide bonds. The van der Waals surface area contributed by atoms with Crippen molar-refractivity contribution in [3.05, 3.63) is 71.8 Å². The van der Waals surface area contributed by atoms with Crippen LogP contribution in [-0.4, -0.2) is 46.5 Å². The van der Waals surface area contributed by atoms with Crippen LogP contribution in [0.15, 0.2) is 60.7 Å². The van der Waals surface area contributed by atoms with Crippen LogP contribution in [0.1, 0.15) is 65.1 Å². The molecule has 2 N–H and O–H groups in total. The molecular formula is C29H39N3O4. The summed E-state index contributed by atoms with van der Waals surface area (Å²) < 4.78 is 5.48. The summed E-state index contributed by atoms with van der Waals surface area (Å²) in [5.41, 5.74) is 0.927. The highest BCUT2D eigenvalue weighted by molar-refractivity contribution is 5.93. The Morgan fingerprint density at radius 2 is 1.53 bits per heavy atom. The first-order chi connectivity index (χ1) is 17.0. The maximum atomic E-state index is 14.3. The fourth-order valence-corrected chi connectivity index (χ4v) is 4.29. The monoisotopic (exact) mass is 493 g/mol. The van der Waals surface area contributed by atoms with Gasteiger partial charge in [-0.1, -0.05) is 67.6 Å². The Morgan fingerprint density at radius 1 is 0.972 bits per heavy atom. The minimum absolute atomic E-state index is 0.0858. The topological polar surface area (TPSA) is 87.7 Å². The lowest BCUT2D eigenvalue weighted by molar-refractivity contribution is -0.143. The number of hydrogen-bond donors (Lipinski definition) is 2. The van der Waals surface area contributed by atoms with Crippen LogP contribution in [0, 0.1) is 5.92 Å². The Morgan fingerprint density at radius 3 is 2.03 bits per heavy atom. The van der Waals surface area contributed by atoms with Gasteiger partial charge in [0, 0.05) is 18.5 Å². The minimum Gasteiger partial charge on any atom is -0.444 e. The lowest BCUT2D eigenvalue weighted by Crippen LogP contribution is -2.55. The molecule has 2 aromatic carbocycles. The van der Waals surface area contributed by atoms with Crippen LogP contribution in [0.3, 0.4) is 0 Å². The molecule has 1 saturated carbocycles. The second-order valence-corrected chi connectivity index (χ2v) is 10.9. The highest BCUT2D eigenvalue weighted by atomic mass is 16.6. The zero-order valence-corrected chi connectivity index (χ0v) is 22.2. The van der Waals surface area contributed by atoms with Crippen LogP contribution in [0.2, 0.25) is 0 Å². The molecule has 1 aliphatic carbocycles. The normalized spacial score (nSPS) is 18.6. The molecular weight excluding hydrogens is 454 g/mol. The standard InChI is InChI=1S/C29H39N3O4/c1-19(2)30-26(33)25(22-15-11-8-12-16-22)32(24-17-20(24)3)27(34)23(18-21-13-9-7-10-14-21)31-28(35)36-29(4,5)6/h7-16,19-20,23-25H,17-18H2,1-6H3,(H,30,33)(H,31,35). The van der Waals surface area contributed by atoms with Crippen LogP contribution in [0.5, 0.6) is 0 Å². The van der Waals surface area contributed by atoms with Gasteiger partial charge in [-0.2, -0.15) is 0 Å².